The zero-order valence-electron chi connectivity index (χ0n) is 10.4. The molecule has 0 heterocycles. The molecular weight excluding hydrogens is 204 g/mol. The number of nitrogens with one attached hydrogen (secondary N) is 1. The van der Waals surface area contributed by atoms with Crippen molar-refractivity contribution in [2.45, 2.75) is 51.9 Å². The molecule has 1 rings (SSSR count). The van der Waals surface area contributed by atoms with E-state index in [4.69, 9.17) is 15.3 Å². The molecule has 1 aliphatic rings. The summed E-state index contributed by atoms with van der Waals surface area (Å²) in [7, 11) is 0. The maximum Gasteiger partial charge on any atom is 0.177 e. The Labute approximate surface area is 98.1 Å². The van der Waals surface area contributed by atoms with E-state index >= 15 is 0 Å². The summed E-state index contributed by atoms with van der Waals surface area (Å²) in [6.07, 6.45) is 6.72. The van der Waals surface area contributed by atoms with Crippen LogP contribution in [0.25, 0.3) is 0 Å². The lowest BCUT2D eigenvalue weighted by atomic mass is 9.94. The van der Waals surface area contributed by atoms with Gasteiger partial charge < -0.3 is 9.47 Å². The van der Waals surface area contributed by atoms with Crippen LogP contribution >= 0.6 is 0 Å². The van der Waals surface area contributed by atoms with Crippen LogP contribution in [0.1, 0.15) is 39.5 Å². The molecular formula is C12H24N2O2. The molecule has 16 heavy (non-hydrogen) atoms. The summed E-state index contributed by atoms with van der Waals surface area (Å²) in [5.74, 6) is 5.61. The van der Waals surface area contributed by atoms with Crippen LogP contribution in [0, 0.1) is 0 Å². The molecule has 1 atom stereocenters. The molecule has 94 valence electrons. The van der Waals surface area contributed by atoms with Crippen molar-refractivity contribution in [1.82, 2.24) is 5.43 Å². The highest BCUT2D eigenvalue weighted by atomic mass is 16.7. The van der Waals surface area contributed by atoms with Crippen molar-refractivity contribution in [3.63, 3.8) is 0 Å². The van der Waals surface area contributed by atoms with Crippen LogP contribution < -0.4 is 11.3 Å². The van der Waals surface area contributed by atoms with E-state index < -0.39 is 0 Å². The minimum atomic E-state index is -0.274. The Kier molecular flexibility index (Phi) is 6.64. The van der Waals surface area contributed by atoms with Gasteiger partial charge in [0.15, 0.2) is 6.29 Å². The van der Waals surface area contributed by atoms with Gasteiger partial charge in [0.25, 0.3) is 0 Å². The maximum absolute atomic E-state index is 5.61. The first kappa shape index (κ1) is 13.6. The lowest BCUT2D eigenvalue weighted by Gasteiger charge is -2.29. The minimum Gasteiger partial charge on any atom is -0.351 e. The van der Waals surface area contributed by atoms with Gasteiger partial charge >= 0.3 is 0 Å². The summed E-state index contributed by atoms with van der Waals surface area (Å²) >= 11 is 0. The number of allylic oxidation sites excluding steroid dienone is 1. The number of nitrogens with two attached hydrogens (primary N) is 1. The summed E-state index contributed by atoms with van der Waals surface area (Å²) in [4.78, 5) is 0. The average Bonchev–Trinajstić information content (AvgIpc) is 2.32. The predicted octanol–water partition coefficient (Wildman–Crippen LogP) is 1.72. The standard InChI is InChI=1S/C12H24N2O2/c1-3-15-12(16-4-2)11(14-13)10-8-6-5-7-9-10/h8,11-12,14H,3-7,9,13H2,1-2H3. The maximum atomic E-state index is 5.61. The van der Waals surface area contributed by atoms with Crippen molar-refractivity contribution >= 4 is 0 Å². The second-order valence-corrected chi connectivity index (χ2v) is 3.95. The Morgan fingerprint density at radius 2 is 2.00 bits per heavy atom. The van der Waals surface area contributed by atoms with Gasteiger partial charge in [0.1, 0.15) is 0 Å². The Morgan fingerprint density at radius 1 is 1.31 bits per heavy atom. The van der Waals surface area contributed by atoms with Crippen molar-refractivity contribution in [3.8, 4) is 0 Å². The molecule has 1 unspecified atom stereocenters. The van der Waals surface area contributed by atoms with E-state index in [0.29, 0.717) is 13.2 Å². The summed E-state index contributed by atoms with van der Waals surface area (Å²) in [6.45, 7) is 5.20. The highest BCUT2D eigenvalue weighted by molar-refractivity contribution is 5.14. The summed E-state index contributed by atoms with van der Waals surface area (Å²) in [6, 6.07) is -0.0137. The first-order valence-electron chi connectivity index (χ1n) is 6.21. The zero-order valence-corrected chi connectivity index (χ0v) is 10.4. The number of hydrogen-bond donors (Lipinski definition) is 2. The van der Waals surface area contributed by atoms with Gasteiger partial charge in [-0.05, 0) is 39.5 Å². The number of rotatable bonds is 7. The van der Waals surface area contributed by atoms with Gasteiger partial charge in [-0.15, -0.1) is 0 Å². The monoisotopic (exact) mass is 228 g/mol. The Bertz CT molecular complexity index is 213. The van der Waals surface area contributed by atoms with Crippen molar-refractivity contribution in [1.29, 1.82) is 0 Å². The number of ether oxygens (including phenoxy) is 2. The predicted molar refractivity (Wildman–Crippen MR) is 64.7 cm³/mol. The van der Waals surface area contributed by atoms with Crippen LogP contribution in [0.4, 0.5) is 0 Å². The van der Waals surface area contributed by atoms with Crippen LogP contribution in [0.5, 0.6) is 0 Å². The van der Waals surface area contributed by atoms with Gasteiger partial charge in [-0.2, -0.15) is 0 Å². The molecule has 0 saturated carbocycles. The lowest BCUT2D eigenvalue weighted by Crippen LogP contribution is -2.48. The molecule has 0 aliphatic heterocycles. The topological polar surface area (TPSA) is 56.5 Å². The number of hydrazine groups is 1. The molecule has 0 radical (unpaired) electrons. The van der Waals surface area contributed by atoms with E-state index in [2.05, 4.69) is 11.5 Å². The largest absolute Gasteiger partial charge is 0.351 e. The number of hydrogen-bond acceptors (Lipinski definition) is 4. The summed E-state index contributed by atoms with van der Waals surface area (Å²) in [5.41, 5.74) is 4.14. The van der Waals surface area contributed by atoms with Crippen LogP contribution in [0.2, 0.25) is 0 Å². The Morgan fingerprint density at radius 3 is 2.44 bits per heavy atom. The molecule has 0 spiro atoms. The molecule has 0 aromatic carbocycles. The molecule has 3 N–H and O–H groups in total. The fraction of sp³-hybridized carbons (Fsp3) is 0.833. The highest BCUT2D eigenvalue weighted by Gasteiger charge is 2.25. The molecule has 4 heteroatoms. The van der Waals surface area contributed by atoms with Gasteiger partial charge in [-0.25, -0.2) is 5.43 Å². The Hall–Kier alpha value is -0.420. The third kappa shape index (κ3) is 3.87. The van der Waals surface area contributed by atoms with E-state index in [1.807, 2.05) is 13.8 Å². The Balaban J connectivity index is 2.64. The van der Waals surface area contributed by atoms with E-state index in [-0.39, 0.29) is 12.3 Å². The third-order valence-electron chi connectivity index (χ3n) is 2.84. The molecule has 1 aliphatic carbocycles. The normalized spacial score (nSPS) is 18.6. The molecule has 4 nitrogen and oxygen atoms in total. The van der Waals surface area contributed by atoms with Crippen molar-refractivity contribution in [2.24, 2.45) is 5.84 Å². The van der Waals surface area contributed by atoms with Gasteiger partial charge in [-0.1, -0.05) is 11.6 Å². The van der Waals surface area contributed by atoms with E-state index in [0.717, 1.165) is 12.8 Å². The molecule has 0 aromatic rings. The fourth-order valence-corrected chi connectivity index (χ4v) is 2.07. The first-order chi connectivity index (χ1) is 7.83. The van der Waals surface area contributed by atoms with Gasteiger partial charge in [0.2, 0.25) is 0 Å². The quantitative estimate of drug-likeness (QED) is 0.301. The molecule has 0 saturated heterocycles. The average molecular weight is 228 g/mol. The lowest BCUT2D eigenvalue weighted by molar-refractivity contribution is -0.148. The second-order valence-electron chi connectivity index (χ2n) is 3.95. The van der Waals surface area contributed by atoms with E-state index in [1.54, 1.807) is 0 Å². The molecule has 0 amide bonds. The smallest absolute Gasteiger partial charge is 0.177 e. The van der Waals surface area contributed by atoms with Gasteiger partial charge in [-0.3, -0.25) is 5.84 Å². The SMILES string of the molecule is CCOC(OCC)C(NN)C1=CCCCC1. The molecule has 0 fully saturated rings. The summed E-state index contributed by atoms with van der Waals surface area (Å²) < 4.78 is 11.2. The third-order valence-corrected chi connectivity index (χ3v) is 2.84. The van der Waals surface area contributed by atoms with Crippen LogP contribution in [0.15, 0.2) is 11.6 Å². The minimum absolute atomic E-state index is 0.0137. The molecule has 0 bridgehead atoms. The van der Waals surface area contributed by atoms with Crippen LogP contribution in [0.3, 0.4) is 0 Å². The second kappa shape index (κ2) is 7.79. The fourth-order valence-electron chi connectivity index (χ4n) is 2.07. The van der Waals surface area contributed by atoms with E-state index in [9.17, 15) is 0 Å². The highest BCUT2D eigenvalue weighted by Crippen LogP contribution is 2.23. The van der Waals surface area contributed by atoms with Crippen molar-refractivity contribution in [2.75, 3.05) is 13.2 Å². The van der Waals surface area contributed by atoms with Crippen LogP contribution in [-0.4, -0.2) is 25.5 Å². The molecule has 0 aromatic heterocycles. The van der Waals surface area contributed by atoms with Gasteiger partial charge in [0, 0.05) is 13.2 Å². The van der Waals surface area contributed by atoms with Crippen molar-refractivity contribution in [3.05, 3.63) is 11.6 Å². The van der Waals surface area contributed by atoms with E-state index in [1.165, 1.54) is 18.4 Å². The van der Waals surface area contributed by atoms with Crippen molar-refractivity contribution < 1.29 is 9.47 Å². The van der Waals surface area contributed by atoms with Crippen LogP contribution in [-0.2, 0) is 9.47 Å². The summed E-state index contributed by atoms with van der Waals surface area (Å²) in [5, 5.41) is 0. The zero-order chi connectivity index (χ0) is 11.8. The van der Waals surface area contributed by atoms with Gasteiger partial charge in [0.05, 0.1) is 6.04 Å². The first-order valence-corrected chi connectivity index (χ1v) is 6.21.